The average molecular weight is 289 g/mol. The number of hydrogen-bond acceptors (Lipinski definition) is 4. The Labute approximate surface area is 111 Å². The van der Waals surface area contributed by atoms with Crippen LogP contribution in [-0.2, 0) is 16.3 Å². The fraction of sp³-hybridized carbons (Fsp3) is 0.417. The maximum atomic E-state index is 12.2. The van der Waals surface area contributed by atoms with Crippen molar-refractivity contribution in [3.63, 3.8) is 0 Å². The Morgan fingerprint density at radius 1 is 1.44 bits per heavy atom. The van der Waals surface area contributed by atoms with Gasteiger partial charge in [-0.1, -0.05) is 11.6 Å². The van der Waals surface area contributed by atoms with Gasteiger partial charge in [0.25, 0.3) is 0 Å². The van der Waals surface area contributed by atoms with Crippen molar-refractivity contribution in [3.05, 3.63) is 28.3 Å². The third-order valence-electron chi connectivity index (χ3n) is 3.03. The van der Waals surface area contributed by atoms with E-state index in [1.165, 1.54) is 13.0 Å². The van der Waals surface area contributed by atoms with Crippen molar-refractivity contribution in [2.45, 2.75) is 18.6 Å². The van der Waals surface area contributed by atoms with Gasteiger partial charge >= 0.3 is 0 Å². The maximum absolute atomic E-state index is 12.2. The molecule has 1 atom stereocenters. The van der Waals surface area contributed by atoms with E-state index in [4.69, 9.17) is 16.3 Å². The van der Waals surface area contributed by atoms with Crippen LogP contribution in [0.2, 0.25) is 5.02 Å². The van der Waals surface area contributed by atoms with Gasteiger partial charge in [-0.15, -0.1) is 0 Å². The second-order valence-corrected chi connectivity index (χ2v) is 7.18. The average Bonchev–Trinajstić information content (AvgIpc) is 2.72. The molecule has 1 aromatic rings. The highest BCUT2D eigenvalue weighted by Crippen LogP contribution is 2.34. The number of benzene rings is 1. The van der Waals surface area contributed by atoms with Gasteiger partial charge in [-0.05, 0) is 24.6 Å². The predicted molar refractivity (Wildman–Crippen MR) is 69.3 cm³/mol. The Kier molecular flexibility index (Phi) is 3.38. The molecule has 0 bridgehead atoms. The first kappa shape index (κ1) is 13.4. The molecule has 0 spiro atoms. The van der Waals surface area contributed by atoms with Crippen LogP contribution in [0.15, 0.2) is 12.1 Å². The zero-order valence-corrected chi connectivity index (χ0v) is 11.6. The Morgan fingerprint density at radius 3 is 2.72 bits per heavy atom. The fourth-order valence-electron chi connectivity index (χ4n) is 1.87. The molecular formula is C12H13ClO4S. The molecule has 0 aliphatic carbocycles. The highest BCUT2D eigenvalue weighted by atomic mass is 35.5. The van der Waals surface area contributed by atoms with E-state index in [1.54, 1.807) is 6.07 Å². The number of rotatable bonds is 3. The molecule has 1 aliphatic rings. The molecule has 0 fully saturated rings. The molecule has 18 heavy (non-hydrogen) atoms. The Balaban J connectivity index is 2.49. The lowest BCUT2D eigenvalue weighted by molar-refractivity contribution is 0.0988. The van der Waals surface area contributed by atoms with E-state index in [0.717, 1.165) is 11.8 Å². The molecule has 98 valence electrons. The zero-order valence-electron chi connectivity index (χ0n) is 10.1. The minimum atomic E-state index is -3.43. The molecule has 0 aromatic heterocycles. The third-order valence-corrected chi connectivity index (χ3v) is 4.74. The van der Waals surface area contributed by atoms with Crippen LogP contribution in [0, 0.1) is 0 Å². The normalized spacial score (nSPS) is 15.9. The van der Waals surface area contributed by atoms with E-state index in [1.807, 2.05) is 0 Å². The molecule has 4 nitrogen and oxygen atoms in total. The fourth-order valence-corrected chi connectivity index (χ4v) is 2.62. The largest absolute Gasteiger partial charge is 0.492 e. The summed E-state index contributed by atoms with van der Waals surface area (Å²) >= 11 is 5.93. The predicted octanol–water partition coefficient (Wildman–Crippen LogP) is 1.89. The summed E-state index contributed by atoms with van der Waals surface area (Å²) in [4.78, 5) is 12.2. The van der Waals surface area contributed by atoms with Gasteiger partial charge in [0.1, 0.15) is 11.0 Å². The number of carbonyl (C=O) groups excluding carboxylic acids is 1. The first-order chi connectivity index (χ1) is 8.30. The van der Waals surface area contributed by atoms with Gasteiger partial charge in [0.05, 0.1) is 12.2 Å². The van der Waals surface area contributed by atoms with E-state index in [0.29, 0.717) is 23.8 Å². The summed E-state index contributed by atoms with van der Waals surface area (Å²) in [5, 5.41) is -0.674. The van der Waals surface area contributed by atoms with Crippen LogP contribution in [-0.4, -0.2) is 32.3 Å². The topological polar surface area (TPSA) is 60.4 Å². The van der Waals surface area contributed by atoms with Gasteiger partial charge in [-0.3, -0.25) is 4.79 Å². The van der Waals surface area contributed by atoms with Crippen molar-refractivity contribution in [1.29, 1.82) is 0 Å². The number of carbonyl (C=O) groups is 1. The van der Waals surface area contributed by atoms with Crippen molar-refractivity contribution in [2.75, 3.05) is 12.9 Å². The van der Waals surface area contributed by atoms with Crippen LogP contribution in [0.1, 0.15) is 22.8 Å². The van der Waals surface area contributed by atoms with Gasteiger partial charge in [0.2, 0.25) is 0 Å². The molecule has 1 heterocycles. The lowest BCUT2D eigenvalue weighted by atomic mass is 10.0. The van der Waals surface area contributed by atoms with E-state index in [9.17, 15) is 13.2 Å². The van der Waals surface area contributed by atoms with E-state index in [2.05, 4.69) is 0 Å². The summed E-state index contributed by atoms with van der Waals surface area (Å²) in [6.07, 6.45) is 1.73. The molecular weight excluding hydrogens is 276 g/mol. The van der Waals surface area contributed by atoms with Crippen LogP contribution in [0.3, 0.4) is 0 Å². The highest BCUT2D eigenvalue weighted by Gasteiger charge is 2.30. The second kappa shape index (κ2) is 4.55. The number of Topliss-reactive ketones (excluding diaryl/α,β-unsaturated/α-hetero) is 1. The van der Waals surface area contributed by atoms with Gasteiger partial charge in [0.15, 0.2) is 15.6 Å². The monoisotopic (exact) mass is 288 g/mol. The smallest absolute Gasteiger partial charge is 0.184 e. The summed E-state index contributed by atoms with van der Waals surface area (Å²) in [5.74, 6) is -0.00181. The van der Waals surface area contributed by atoms with Gasteiger partial charge in [-0.25, -0.2) is 8.42 Å². The van der Waals surface area contributed by atoms with Crippen LogP contribution >= 0.6 is 11.6 Å². The van der Waals surface area contributed by atoms with Crippen LogP contribution in [0.25, 0.3) is 0 Å². The minimum Gasteiger partial charge on any atom is -0.492 e. The van der Waals surface area contributed by atoms with Crippen LogP contribution < -0.4 is 4.74 Å². The minimum absolute atomic E-state index is 0.257. The van der Waals surface area contributed by atoms with E-state index >= 15 is 0 Å². The van der Waals surface area contributed by atoms with Crippen molar-refractivity contribution < 1.29 is 17.9 Å². The maximum Gasteiger partial charge on any atom is 0.184 e. The first-order valence-corrected chi connectivity index (χ1v) is 7.82. The molecule has 0 saturated carbocycles. The number of sulfone groups is 1. The summed E-state index contributed by atoms with van der Waals surface area (Å²) in [5.41, 5.74) is 1.11. The summed E-state index contributed by atoms with van der Waals surface area (Å²) in [6.45, 7) is 1.86. The van der Waals surface area contributed by atoms with Crippen molar-refractivity contribution in [2.24, 2.45) is 0 Å². The van der Waals surface area contributed by atoms with Gasteiger partial charge in [-0.2, -0.15) is 0 Å². The zero-order chi connectivity index (χ0) is 13.5. The number of fused-ring (bicyclic) bond motifs is 1. The molecule has 0 saturated heterocycles. The Hall–Kier alpha value is -1.07. The Morgan fingerprint density at radius 2 is 2.11 bits per heavy atom. The summed E-state index contributed by atoms with van der Waals surface area (Å²) in [7, 11) is -3.43. The van der Waals surface area contributed by atoms with Crippen molar-refractivity contribution >= 4 is 27.2 Å². The first-order valence-electron chi connectivity index (χ1n) is 5.49. The Bertz CT molecular complexity index is 607. The van der Waals surface area contributed by atoms with Gasteiger partial charge < -0.3 is 4.74 Å². The van der Waals surface area contributed by atoms with Crippen LogP contribution in [0.4, 0.5) is 0 Å². The second-order valence-electron chi connectivity index (χ2n) is 4.38. The molecule has 0 N–H and O–H groups in total. The van der Waals surface area contributed by atoms with Crippen molar-refractivity contribution in [1.82, 2.24) is 0 Å². The lowest BCUT2D eigenvalue weighted by Gasteiger charge is -2.12. The molecule has 6 heteroatoms. The highest BCUT2D eigenvalue weighted by molar-refractivity contribution is 7.92. The van der Waals surface area contributed by atoms with E-state index in [-0.39, 0.29) is 5.56 Å². The van der Waals surface area contributed by atoms with Gasteiger partial charge in [0, 0.05) is 17.7 Å². The molecule has 1 unspecified atom stereocenters. The summed E-state index contributed by atoms with van der Waals surface area (Å²) < 4.78 is 28.3. The quantitative estimate of drug-likeness (QED) is 0.797. The summed E-state index contributed by atoms with van der Waals surface area (Å²) in [6, 6.07) is 3.21. The van der Waals surface area contributed by atoms with E-state index < -0.39 is 20.9 Å². The van der Waals surface area contributed by atoms with Crippen LogP contribution in [0.5, 0.6) is 5.75 Å². The lowest BCUT2D eigenvalue weighted by Crippen LogP contribution is -2.26. The standard InChI is InChI=1S/C12H13ClO4S/c1-7(18(2,15)16)11(14)10-6-9(13)5-8-3-4-17-12(8)10/h5-7H,3-4H2,1-2H3. The molecule has 2 rings (SSSR count). The number of halogens is 1. The number of ketones is 1. The van der Waals surface area contributed by atoms with Crippen molar-refractivity contribution in [3.8, 4) is 5.75 Å². The molecule has 1 aromatic carbocycles. The molecule has 0 radical (unpaired) electrons. The molecule has 0 amide bonds. The number of hydrogen-bond donors (Lipinski definition) is 0. The number of ether oxygens (including phenoxy) is 1. The molecule has 1 aliphatic heterocycles. The SMILES string of the molecule is CC(C(=O)c1cc(Cl)cc2c1OCC2)S(C)(=O)=O. The third kappa shape index (κ3) is 2.37.